The SMILES string of the molecule is C=CC(Nc1ccccc1)C1CCCCC1. The Labute approximate surface area is 98.6 Å². The van der Waals surface area contributed by atoms with Crippen LogP contribution in [-0.4, -0.2) is 6.04 Å². The molecule has 0 aliphatic heterocycles. The van der Waals surface area contributed by atoms with E-state index in [1.165, 1.54) is 37.8 Å². The predicted molar refractivity (Wildman–Crippen MR) is 70.6 cm³/mol. The van der Waals surface area contributed by atoms with Crippen LogP contribution in [0.25, 0.3) is 0 Å². The molecule has 0 heterocycles. The predicted octanol–water partition coefficient (Wildman–Crippen LogP) is 4.23. The van der Waals surface area contributed by atoms with Gasteiger partial charge in [-0.2, -0.15) is 0 Å². The molecule has 1 atom stereocenters. The standard InChI is InChI=1S/C15H21N/c1-2-15(13-9-5-3-6-10-13)16-14-11-7-4-8-12-14/h2,4,7-8,11-13,15-16H,1,3,5-6,9-10H2. The maximum Gasteiger partial charge on any atom is 0.0470 e. The molecule has 0 saturated heterocycles. The third kappa shape index (κ3) is 2.88. The third-order valence-electron chi connectivity index (χ3n) is 3.52. The van der Waals surface area contributed by atoms with Crippen LogP contribution in [0.15, 0.2) is 43.0 Å². The highest BCUT2D eigenvalue weighted by Crippen LogP contribution is 2.28. The topological polar surface area (TPSA) is 12.0 Å². The zero-order chi connectivity index (χ0) is 11.2. The van der Waals surface area contributed by atoms with E-state index in [2.05, 4.69) is 48.3 Å². The van der Waals surface area contributed by atoms with Crippen LogP contribution in [0.2, 0.25) is 0 Å². The highest BCUT2D eigenvalue weighted by Gasteiger charge is 2.20. The second kappa shape index (κ2) is 5.74. The zero-order valence-electron chi connectivity index (χ0n) is 9.86. The van der Waals surface area contributed by atoms with Crippen molar-refractivity contribution in [2.24, 2.45) is 5.92 Å². The average molecular weight is 215 g/mol. The number of hydrogen-bond donors (Lipinski definition) is 1. The molecule has 1 aromatic rings. The Morgan fingerprint density at radius 3 is 2.44 bits per heavy atom. The molecule has 1 heteroatoms. The van der Waals surface area contributed by atoms with Crippen molar-refractivity contribution in [3.8, 4) is 0 Å². The highest BCUT2D eigenvalue weighted by molar-refractivity contribution is 5.44. The van der Waals surface area contributed by atoms with E-state index in [1.807, 2.05) is 0 Å². The van der Waals surface area contributed by atoms with Crippen molar-refractivity contribution >= 4 is 5.69 Å². The Morgan fingerprint density at radius 1 is 1.12 bits per heavy atom. The van der Waals surface area contributed by atoms with Gasteiger partial charge in [-0.15, -0.1) is 6.58 Å². The van der Waals surface area contributed by atoms with Gasteiger partial charge in [-0.05, 0) is 30.9 Å². The molecule has 1 aliphatic rings. The maximum atomic E-state index is 3.97. The molecule has 1 N–H and O–H groups in total. The van der Waals surface area contributed by atoms with Gasteiger partial charge in [0.1, 0.15) is 0 Å². The second-order valence-electron chi connectivity index (χ2n) is 4.67. The number of para-hydroxylation sites is 1. The Balaban J connectivity index is 1.97. The van der Waals surface area contributed by atoms with Crippen LogP contribution < -0.4 is 5.32 Å². The van der Waals surface area contributed by atoms with Gasteiger partial charge in [-0.3, -0.25) is 0 Å². The summed E-state index contributed by atoms with van der Waals surface area (Å²) in [5.74, 6) is 0.770. The van der Waals surface area contributed by atoms with Crippen molar-refractivity contribution in [1.82, 2.24) is 0 Å². The van der Waals surface area contributed by atoms with E-state index in [1.54, 1.807) is 0 Å². The fraction of sp³-hybridized carbons (Fsp3) is 0.467. The number of hydrogen-bond acceptors (Lipinski definition) is 1. The molecule has 1 unspecified atom stereocenters. The molecule has 1 aliphatic carbocycles. The lowest BCUT2D eigenvalue weighted by molar-refractivity contribution is 0.343. The van der Waals surface area contributed by atoms with Crippen molar-refractivity contribution in [2.75, 3.05) is 5.32 Å². The second-order valence-corrected chi connectivity index (χ2v) is 4.67. The smallest absolute Gasteiger partial charge is 0.0470 e. The molecule has 2 rings (SSSR count). The van der Waals surface area contributed by atoms with Crippen molar-refractivity contribution in [3.05, 3.63) is 43.0 Å². The number of anilines is 1. The van der Waals surface area contributed by atoms with Gasteiger partial charge in [0.05, 0.1) is 0 Å². The van der Waals surface area contributed by atoms with E-state index >= 15 is 0 Å². The molecule has 1 fully saturated rings. The number of rotatable bonds is 4. The van der Waals surface area contributed by atoms with Gasteiger partial charge >= 0.3 is 0 Å². The van der Waals surface area contributed by atoms with Gasteiger partial charge < -0.3 is 5.32 Å². The van der Waals surface area contributed by atoms with Crippen LogP contribution in [0.3, 0.4) is 0 Å². The molecule has 86 valence electrons. The van der Waals surface area contributed by atoms with Gasteiger partial charge in [0.2, 0.25) is 0 Å². The molecule has 0 amide bonds. The fourth-order valence-electron chi connectivity index (χ4n) is 2.59. The molecule has 1 saturated carbocycles. The molecule has 0 spiro atoms. The molecule has 16 heavy (non-hydrogen) atoms. The summed E-state index contributed by atoms with van der Waals surface area (Å²) < 4.78 is 0. The van der Waals surface area contributed by atoms with E-state index in [9.17, 15) is 0 Å². The summed E-state index contributed by atoms with van der Waals surface area (Å²) in [6.45, 7) is 3.97. The minimum Gasteiger partial charge on any atom is -0.379 e. The highest BCUT2D eigenvalue weighted by atomic mass is 14.9. The van der Waals surface area contributed by atoms with Gasteiger partial charge in [0, 0.05) is 11.7 Å². The van der Waals surface area contributed by atoms with Gasteiger partial charge in [0.15, 0.2) is 0 Å². The first-order valence-corrected chi connectivity index (χ1v) is 6.34. The van der Waals surface area contributed by atoms with Crippen LogP contribution in [-0.2, 0) is 0 Å². The first-order valence-electron chi connectivity index (χ1n) is 6.34. The summed E-state index contributed by atoms with van der Waals surface area (Å²) in [5, 5.41) is 3.58. The normalized spacial score (nSPS) is 19.0. The molecule has 1 nitrogen and oxygen atoms in total. The first kappa shape index (κ1) is 11.3. The van der Waals surface area contributed by atoms with Crippen molar-refractivity contribution < 1.29 is 0 Å². The van der Waals surface area contributed by atoms with E-state index < -0.39 is 0 Å². The van der Waals surface area contributed by atoms with E-state index in [-0.39, 0.29) is 0 Å². The molecular formula is C15H21N. The van der Waals surface area contributed by atoms with Gasteiger partial charge in [0.25, 0.3) is 0 Å². The summed E-state index contributed by atoms with van der Waals surface area (Å²) >= 11 is 0. The van der Waals surface area contributed by atoms with Crippen molar-refractivity contribution in [3.63, 3.8) is 0 Å². The molecule has 0 bridgehead atoms. The van der Waals surface area contributed by atoms with E-state index in [0.717, 1.165) is 5.92 Å². The molecule has 0 aromatic heterocycles. The summed E-state index contributed by atoms with van der Waals surface area (Å²) in [7, 11) is 0. The Hall–Kier alpha value is -1.24. The van der Waals surface area contributed by atoms with Crippen LogP contribution in [0, 0.1) is 5.92 Å². The summed E-state index contributed by atoms with van der Waals surface area (Å²) in [5.41, 5.74) is 1.21. The van der Waals surface area contributed by atoms with E-state index in [0.29, 0.717) is 6.04 Å². The van der Waals surface area contributed by atoms with Crippen LogP contribution in [0.5, 0.6) is 0 Å². The lowest BCUT2D eigenvalue weighted by Crippen LogP contribution is -2.28. The number of nitrogens with one attached hydrogen (secondary N) is 1. The Morgan fingerprint density at radius 2 is 1.81 bits per heavy atom. The zero-order valence-corrected chi connectivity index (χ0v) is 9.86. The first-order chi connectivity index (χ1) is 7.90. The largest absolute Gasteiger partial charge is 0.379 e. The monoisotopic (exact) mass is 215 g/mol. The minimum atomic E-state index is 0.433. The van der Waals surface area contributed by atoms with Crippen LogP contribution >= 0.6 is 0 Å². The quantitative estimate of drug-likeness (QED) is 0.741. The number of benzene rings is 1. The fourth-order valence-corrected chi connectivity index (χ4v) is 2.59. The van der Waals surface area contributed by atoms with E-state index in [4.69, 9.17) is 0 Å². The van der Waals surface area contributed by atoms with Crippen LogP contribution in [0.4, 0.5) is 5.69 Å². The van der Waals surface area contributed by atoms with Gasteiger partial charge in [-0.25, -0.2) is 0 Å². The molecule has 0 radical (unpaired) electrons. The summed E-state index contributed by atoms with van der Waals surface area (Å²) in [4.78, 5) is 0. The molecular weight excluding hydrogens is 194 g/mol. The molecule has 1 aromatic carbocycles. The summed E-state index contributed by atoms with van der Waals surface area (Å²) in [6, 6.07) is 10.9. The Bertz CT molecular complexity index is 311. The average Bonchev–Trinajstić information content (AvgIpc) is 2.38. The van der Waals surface area contributed by atoms with Crippen LogP contribution in [0.1, 0.15) is 32.1 Å². The lowest BCUT2D eigenvalue weighted by Gasteiger charge is -2.29. The lowest BCUT2D eigenvalue weighted by atomic mass is 9.84. The summed E-state index contributed by atoms with van der Waals surface area (Å²) in [6.07, 6.45) is 8.93. The van der Waals surface area contributed by atoms with Crippen molar-refractivity contribution in [2.45, 2.75) is 38.1 Å². The Kier molecular flexibility index (Phi) is 4.03. The third-order valence-corrected chi connectivity index (χ3v) is 3.52. The van der Waals surface area contributed by atoms with Gasteiger partial charge in [-0.1, -0.05) is 43.5 Å². The minimum absolute atomic E-state index is 0.433. The maximum absolute atomic E-state index is 3.97. The van der Waals surface area contributed by atoms with Crippen molar-refractivity contribution in [1.29, 1.82) is 0 Å².